The van der Waals surface area contributed by atoms with Gasteiger partial charge in [0, 0.05) is 14.2 Å². The zero-order valence-electron chi connectivity index (χ0n) is 8.39. The third-order valence-corrected chi connectivity index (χ3v) is 3.55. The summed E-state index contributed by atoms with van der Waals surface area (Å²) >= 11 is 0. The summed E-state index contributed by atoms with van der Waals surface area (Å²) in [6.07, 6.45) is 1.33. The Bertz CT molecular complexity index is 386. The second kappa shape index (κ2) is 5.69. The summed E-state index contributed by atoms with van der Waals surface area (Å²) in [7, 11) is -0.573. The number of hydrogen-bond donors (Lipinski definition) is 0. The van der Waals surface area contributed by atoms with Crippen LogP contribution in [0.2, 0.25) is 0 Å². The fraction of sp³-hybridized carbons (Fsp3) is 0.375. The highest BCUT2D eigenvalue weighted by atomic mass is 31.2. The van der Waals surface area contributed by atoms with Gasteiger partial charge in [0.15, 0.2) is 0 Å². The molecule has 0 spiro atoms. The number of nitriles is 1. The van der Waals surface area contributed by atoms with Gasteiger partial charge in [-0.25, -0.2) is 0 Å². The molecule has 0 amide bonds. The minimum Gasteiger partial charge on any atom is -0.467 e. The van der Waals surface area contributed by atoms with Crippen molar-refractivity contribution in [2.45, 2.75) is 6.16 Å². The van der Waals surface area contributed by atoms with Gasteiger partial charge in [0.25, 0.3) is 0 Å². The lowest BCUT2D eigenvalue weighted by Gasteiger charge is -2.11. The molecule has 2 N–H and O–H groups in total. The van der Waals surface area contributed by atoms with Crippen molar-refractivity contribution in [1.82, 2.24) is 0 Å². The smallest absolute Gasteiger partial charge is 0.337 e. The standard InChI is InChI=1S/C8H10NO4P.H2O/c1-11-14(10,12-2)6-8-7(5-9)3-4-13-8;/h3-4H,6H2,1-2H3;1H2. The van der Waals surface area contributed by atoms with Crippen molar-refractivity contribution < 1.29 is 23.5 Å². The molecule has 1 aromatic rings. The summed E-state index contributed by atoms with van der Waals surface area (Å²) in [4.78, 5) is 0. The largest absolute Gasteiger partial charge is 0.467 e. The van der Waals surface area contributed by atoms with E-state index in [2.05, 4.69) is 0 Å². The first-order chi connectivity index (χ1) is 6.65. The molecule has 0 saturated heterocycles. The summed E-state index contributed by atoms with van der Waals surface area (Å²) in [5, 5.41) is 8.67. The topological polar surface area (TPSA) is 104 Å². The first kappa shape index (κ1) is 13.9. The Kier molecular flexibility index (Phi) is 5.26. The van der Waals surface area contributed by atoms with Gasteiger partial charge in [-0.15, -0.1) is 0 Å². The minimum atomic E-state index is -3.15. The zero-order chi connectivity index (χ0) is 10.6. The Balaban J connectivity index is 0.00000196. The van der Waals surface area contributed by atoms with Gasteiger partial charge in [-0.1, -0.05) is 0 Å². The van der Waals surface area contributed by atoms with E-state index >= 15 is 0 Å². The molecule has 1 heterocycles. The molecule has 6 nitrogen and oxygen atoms in total. The molecule has 1 aromatic heterocycles. The van der Waals surface area contributed by atoms with E-state index in [-0.39, 0.29) is 11.6 Å². The van der Waals surface area contributed by atoms with Crippen molar-refractivity contribution in [1.29, 1.82) is 5.26 Å². The van der Waals surface area contributed by atoms with Gasteiger partial charge in [-0.2, -0.15) is 5.26 Å². The fourth-order valence-corrected chi connectivity index (χ4v) is 1.95. The van der Waals surface area contributed by atoms with E-state index in [1.807, 2.05) is 6.07 Å². The van der Waals surface area contributed by atoms with E-state index in [9.17, 15) is 4.57 Å². The molecule has 1 rings (SSSR count). The first-order valence-corrected chi connectivity index (χ1v) is 5.55. The Morgan fingerprint density at radius 2 is 2.13 bits per heavy atom. The summed E-state index contributed by atoms with van der Waals surface area (Å²) in [5.74, 6) is 0.319. The maximum Gasteiger partial charge on any atom is 0.337 e. The van der Waals surface area contributed by atoms with Crippen molar-refractivity contribution >= 4 is 7.60 Å². The normalized spacial score (nSPS) is 10.5. The Morgan fingerprint density at radius 1 is 1.53 bits per heavy atom. The van der Waals surface area contributed by atoms with Crippen LogP contribution < -0.4 is 0 Å². The molecule has 0 fully saturated rings. The van der Waals surface area contributed by atoms with Gasteiger partial charge in [0.2, 0.25) is 0 Å². The predicted molar refractivity (Wildman–Crippen MR) is 52.4 cm³/mol. The van der Waals surface area contributed by atoms with Gasteiger partial charge in [-0.05, 0) is 6.07 Å². The fourth-order valence-electron chi connectivity index (χ4n) is 0.942. The van der Waals surface area contributed by atoms with Crippen molar-refractivity contribution in [3.8, 4) is 6.07 Å². The van der Waals surface area contributed by atoms with Crippen LogP contribution in [-0.2, 0) is 19.8 Å². The third kappa shape index (κ3) is 3.18. The highest BCUT2D eigenvalue weighted by Crippen LogP contribution is 2.50. The molecule has 0 unspecified atom stereocenters. The van der Waals surface area contributed by atoms with Crippen molar-refractivity contribution in [2.75, 3.05) is 14.2 Å². The molecule has 15 heavy (non-hydrogen) atoms. The number of hydrogen-bond acceptors (Lipinski definition) is 5. The molecule has 7 heteroatoms. The van der Waals surface area contributed by atoms with E-state index in [0.29, 0.717) is 11.3 Å². The average Bonchev–Trinajstić information content (AvgIpc) is 2.65. The second-order valence-electron chi connectivity index (χ2n) is 2.50. The van der Waals surface area contributed by atoms with Crippen LogP contribution in [0.1, 0.15) is 11.3 Å². The summed E-state index contributed by atoms with van der Waals surface area (Å²) < 4.78 is 26.1. The maximum absolute atomic E-state index is 11.7. The van der Waals surface area contributed by atoms with Crippen LogP contribution in [0.3, 0.4) is 0 Å². The molecule has 84 valence electrons. The summed E-state index contributed by atoms with van der Waals surface area (Å²) in [6, 6.07) is 3.43. The molecule has 0 aromatic carbocycles. The molecule has 0 aliphatic heterocycles. The van der Waals surface area contributed by atoms with Crippen molar-refractivity contribution in [3.63, 3.8) is 0 Å². The zero-order valence-corrected chi connectivity index (χ0v) is 9.28. The SMILES string of the molecule is COP(=O)(Cc1occc1C#N)OC.O. The predicted octanol–water partition coefficient (Wildman–Crippen LogP) is 1.31. The van der Waals surface area contributed by atoms with Gasteiger partial charge in [-0.3, -0.25) is 4.57 Å². The molecule has 0 aliphatic carbocycles. The molecular weight excluding hydrogens is 221 g/mol. The van der Waals surface area contributed by atoms with Gasteiger partial charge in [0.1, 0.15) is 18.0 Å². The van der Waals surface area contributed by atoms with Crippen LogP contribution in [0, 0.1) is 11.3 Å². The molecular formula is C8H12NO5P. The summed E-state index contributed by atoms with van der Waals surface area (Å²) in [6.45, 7) is 0. The molecule has 0 saturated carbocycles. The highest BCUT2D eigenvalue weighted by molar-refractivity contribution is 7.52. The van der Waals surface area contributed by atoms with Gasteiger partial charge in [0.05, 0.1) is 11.8 Å². The van der Waals surface area contributed by atoms with Crippen LogP contribution in [0.15, 0.2) is 16.7 Å². The monoisotopic (exact) mass is 233 g/mol. The Labute approximate surface area is 87.2 Å². The molecule has 0 atom stereocenters. The maximum atomic E-state index is 11.7. The first-order valence-electron chi connectivity index (χ1n) is 3.82. The Morgan fingerprint density at radius 3 is 2.60 bits per heavy atom. The Hall–Kier alpha value is -1.12. The second-order valence-corrected chi connectivity index (χ2v) is 4.77. The third-order valence-electron chi connectivity index (χ3n) is 1.76. The van der Waals surface area contributed by atoms with Crippen molar-refractivity contribution in [2.24, 2.45) is 0 Å². The summed E-state index contributed by atoms with van der Waals surface area (Å²) in [5.41, 5.74) is 0.347. The van der Waals surface area contributed by atoms with E-state index in [0.717, 1.165) is 0 Å². The highest BCUT2D eigenvalue weighted by Gasteiger charge is 2.25. The number of furan rings is 1. The van der Waals surface area contributed by atoms with E-state index < -0.39 is 7.60 Å². The van der Waals surface area contributed by atoms with Gasteiger partial charge < -0.3 is 18.9 Å². The van der Waals surface area contributed by atoms with Crippen LogP contribution in [0.25, 0.3) is 0 Å². The van der Waals surface area contributed by atoms with Crippen LogP contribution in [-0.4, -0.2) is 19.7 Å². The van der Waals surface area contributed by atoms with Gasteiger partial charge >= 0.3 is 7.60 Å². The lowest BCUT2D eigenvalue weighted by atomic mass is 10.3. The molecule has 0 aliphatic rings. The van der Waals surface area contributed by atoms with Crippen LogP contribution in [0.4, 0.5) is 0 Å². The minimum absolute atomic E-state index is 0. The lowest BCUT2D eigenvalue weighted by Crippen LogP contribution is -1.93. The van der Waals surface area contributed by atoms with Crippen LogP contribution in [0.5, 0.6) is 0 Å². The average molecular weight is 233 g/mol. The number of nitrogens with zero attached hydrogens (tertiary/aromatic N) is 1. The lowest BCUT2D eigenvalue weighted by molar-refractivity contribution is 0.272. The van der Waals surface area contributed by atoms with E-state index in [1.165, 1.54) is 26.5 Å². The van der Waals surface area contributed by atoms with E-state index in [4.69, 9.17) is 18.7 Å². The molecule has 0 bridgehead atoms. The molecule has 0 radical (unpaired) electrons. The van der Waals surface area contributed by atoms with Crippen LogP contribution >= 0.6 is 7.60 Å². The van der Waals surface area contributed by atoms with Crippen molar-refractivity contribution in [3.05, 3.63) is 23.7 Å². The number of rotatable bonds is 4. The van der Waals surface area contributed by atoms with E-state index in [1.54, 1.807) is 0 Å². The quantitative estimate of drug-likeness (QED) is 0.729.